The van der Waals surface area contributed by atoms with Crippen molar-refractivity contribution >= 4 is 17.9 Å². The third-order valence-electron chi connectivity index (χ3n) is 10.5. The van der Waals surface area contributed by atoms with E-state index < -0.39 is 12.1 Å². The van der Waals surface area contributed by atoms with Gasteiger partial charge in [0.15, 0.2) is 6.10 Å². The number of carbonyl (C=O) groups is 3. The van der Waals surface area contributed by atoms with Gasteiger partial charge in [-0.15, -0.1) is 0 Å². The van der Waals surface area contributed by atoms with Crippen molar-refractivity contribution in [2.24, 2.45) is 0 Å². The molecule has 340 valence electrons. The predicted octanol–water partition coefficient (Wildman–Crippen LogP) is 16.1. The third-order valence-corrected chi connectivity index (χ3v) is 10.5. The molecule has 0 heterocycles. The van der Waals surface area contributed by atoms with Crippen LogP contribution in [0.3, 0.4) is 0 Å². The average molecular weight is 825 g/mol. The number of ether oxygens (including phenoxy) is 3. The van der Waals surface area contributed by atoms with Gasteiger partial charge in [0.1, 0.15) is 13.2 Å². The monoisotopic (exact) mass is 825 g/mol. The normalized spacial score (nSPS) is 12.5. The quantitative estimate of drug-likeness (QED) is 0.0263. The molecule has 0 bridgehead atoms. The van der Waals surface area contributed by atoms with Crippen molar-refractivity contribution in [1.29, 1.82) is 0 Å². The van der Waals surface area contributed by atoms with Crippen LogP contribution in [0.1, 0.15) is 239 Å². The van der Waals surface area contributed by atoms with E-state index in [4.69, 9.17) is 14.2 Å². The van der Waals surface area contributed by atoms with E-state index in [1.165, 1.54) is 128 Å². The zero-order chi connectivity index (χ0) is 43.0. The Bertz CT molecular complexity index is 1090. The van der Waals surface area contributed by atoms with E-state index in [1.54, 1.807) is 0 Å². The highest BCUT2D eigenvalue weighted by atomic mass is 16.6. The first kappa shape index (κ1) is 56.1. The van der Waals surface area contributed by atoms with Gasteiger partial charge >= 0.3 is 17.9 Å². The van der Waals surface area contributed by atoms with Gasteiger partial charge in [-0.1, -0.05) is 210 Å². The van der Waals surface area contributed by atoms with Crippen LogP contribution >= 0.6 is 0 Å². The van der Waals surface area contributed by atoms with Crippen molar-refractivity contribution in [3.8, 4) is 0 Å². The second kappa shape index (κ2) is 47.8. The molecular weight excluding hydrogens is 733 g/mol. The Morgan fingerprint density at radius 1 is 0.356 bits per heavy atom. The van der Waals surface area contributed by atoms with Gasteiger partial charge in [0, 0.05) is 19.3 Å². The molecule has 6 heteroatoms. The lowest BCUT2D eigenvalue weighted by Crippen LogP contribution is -2.30. The topological polar surface area (TPSA) is 78.9 Å². The first-order valence-corrected chi connectivity index (χ1v) is 24.8. The molecule has 0 N–H and O–H groups in total. The predicted molar refractivity (Wildman–Crippen MR) is 251 cm³/mol. The van der Waals surface area contributed by atoms with E-state index in [0.717, 1.165) is 64.2 Å². The van der Waals surface area contributed by atoms with Crippen LogP contribution in [0.5, 0.6) is 0 Å². The first-order chi connectivity index (χ1) is 29.0. The molecule has 0 saturated carbocycles. The molecule has 59 heavy (non-hydrogen) atoms. The first-order valence-electron chi connectivity index (χ1n) is 24.8. The zero-order valence-electron chi connectivity index (χ0n) is 38.8. The maximum absolute atomic E-state index is 12.7. The Hall–Kier alpha value is -2.89. The maximum atomic E-state index is 12.7. The average Bonchev–Trinajstić information content (AvgIpc) is 3.23. The van der Waals surface area contributed by atoms with Crippen molar-refractivity contribution < 1.29 is 28.6 Å². The summed E-state index contributed by atoms with van der Waals surface area (Å²) in [6.45, 7) is 6.41. The van der Waals surface area contributed by atoms with Crippen LogP contribution in [-0.4, -0.2) is 37.2 Å². The second-order valence-electron chi connectivity index (χ2n) is 16.3. The molecule has 0 saturated heterocycles. The van der Waals surface area contributed by atoms with E-state index in [0.29, 0.717) is 19.3 Å². The molecule has 1 atom stereocenters. The summed E-state index contributed by atoms with van der Waals surface area (Å²) < 4.78 is 16.6. The SMILES string of the molecule is CC/C=C\C/C=C\C/C=C\C/C=C\CCC(=O)OC(COC(=O)CCCCCCCCC)COC(=O)CCCCCCCCCCC/C=C\CCCCCCCCCC. The highest BCUT2D eigenvalue weighted by molar-refractivity contribution is 5.71. The Kier molecular flexibility index (Phi) is 45.4. The molecule has 0 aromatic carbocycles. The Labute approximate surface area is 364 Å². The summed E-state index contributed by atoms with van der Waals surface area (Å²) in [4.78, 5) is 37.7. The lowest BCUT2D eigenvalue weighted by molar-refractivity contribution is -0.166. The van der Waals surface area contributed by atoms with Gasteiger partial charge in [0.2, 0.25) is 0 Å². The smallest absolute Gasteiger partial charge is 0.306 e. The number of rotatable bonds is 44. The molecule has 0 spiro atoms. The fourth-order valence-electron chi connectivity index (χ4n) is 6.80. The molecule has 0 radical (unpaired) electrons. The van der Waals surface area contributed by atoms with Gasteiger partial charge in [0.05, 0.1) is 0 Å². The minimum absolute atomic E-state index is 0.103. The van der Waals surface area contributed by atoms with Gasteiger partial charge in [-0.25, -0.2) is 0 Å². The summed E-state index contributed by atoms with van der Waals surface area (Å²) in [6.07, 6.45) is 58.1. The molecule has 0 rings (SSSR count). The maximum Gasteiger partial charge on any atom is 0.306 e. The summed E-state index contributed by atoms with van der Waals surface area (Å²) in [6, 6.07) is 0. The van der Waals surface area contributed by atoms with E-state index >= 15 is 0 Å². The van der Waals surface area contributed by atoms with Crippen LogP contribution in [0.4, 0.5) is 0 Å². The summed E-state index contributed by atoms with van der Waals surface area (Å²) in [5.74, 6) is -0.993. The second-order valence-corrected chi connectivity index (χ2v) is 16.3. The molecule has 0 aliphatic heterocycles. The Morgan fingerprint density at radius 3 is 1.10 bits per heavy atom. The van der Waals surface area contributed by atoms with Crippen LogP contribution < -0.4 is 0 Å². The van der Waals surface area contributed by atoms with E-state index in [1.807, 2.05) is 12.2 Å². The summed E-state index contributed by atoms with van der Waals surface area (Å²) in [7, 11) is 0. The minimum Gasteiger partial charge on any atom is -0.462 e. The van der Waals surface area contributed by atoms with Crippen molar-refractivity contribution in [2.45, 2.75) is 245 Å². The standard InChI is InChI=1S/C53H92O6/c1-4-7-10-13-16-18-20-22-23-24-25-26-27-28-29-31-32-34-37-40-43-46-52(55)58-49-50(48-57-51(54)45-42-39-36-15-12-9-6-3)59-53(56)47-44-41-38-35-33-30-21-19-17-14-11-8-5-2/h8,11,17,19,24-25,30,33,38,41,50H,4-7,9-10,12-16,18,20-23,26-29,31-32,34-37,39-40,42-49H2,1-3H3/b11-8-,19-17-,25-24-,33-30-,41-38-. The highest BCUT2D eigenvalue weighted by Crippen LogP contribution is 2.14. The molecule has 1 unspecified atom stereocenters. The fourth-order valence-corrected chi connectivity index (χ4v) is 6.80. The number of allylic oxidation sites excluding steroid dienone is 10. The van der Waals surface area contributed by atoms with Crippen LogP contribution in [0.15, 0.2) is 60.8 Å². The van der Waals surface area contributed by atoms with Crippen molar-refractivity contribution in [2.75, 3.05) is 13.2 Å². The largest absolute Gasteiger partial charge is 0.462 e. The lowest BCUT2D eigenvalue weighted by Gasteiger charge is -2.18. The number of hydrogen-bond acceptors (Lipinski definition) is 6. The van der Waals surface area contributed by atoms with Crippen LogP contribution in [0.25, 0.3) is 0 Å². The molecule has 6 nitrogen and oxygen atoms in total. The van der Waals surface area contributed by atoms with Crippen LogP contribution in [-0.2, 0) is 28.6 Å². The van der Waals surface area contributed by atoms with Gasteiger partial charge in [0.25, 0.3) is 0 Å². The zero-order valence-corrected chi connectivity index (χ0v) is 38.8. The minimum atomic E-state index is -0.808. The number of carbonyl (C=O) groups excluding carboxylic acids is 3. The van der Waals surface area contributed by atoms with Crippen LogP contribution in [0, 0.1) is 0 Å². The van der Waals surface area contributed by atoms with Crippen LogP contribution in [0.2, 0.25) is 0 Å². The molecule has 0 amide bonds. The number of unbranched alkanes of at least 4 members (excludes halogenated alkanes) is 23. The van der Waals surface area contributed by atoms with Crippen molar-refractivity contribution in [3.05, 3.63) is 60.8 Å². The molecule has 0 aromatic heterocycles. The van der Waals surface area contributed by atoms with E-state index in [9.17, 15) is 14.4 Å². The Morgan fingerprint density at radius 2 is 0.695 bits per heavy atom. The molecule has 0 fully saturated rings. The molecule has 0 aromatic rings. The third kappa shape index (κ3) is 46.0. The Balaban J connectivity index is 4.27. The molecule has 0 aliphatic rings. The van der Waals surface area contributed by atoms with E-state index in [2.05, 4.69) is 69.4 Å². The number of hydrogen-bond donors (Lipinski definition) is 0. The lowest BCUT2D eigenvalue weighted by atomic mass is 10.1. The van der Waals surface area contributed by atoms with Gasteiger partial charge in [-0.05, 0) is 70.6 Å². The summed E-state index contributed by atoms with van der Waals surface area (Å²) in [5.41, 5.74) is 0. The highest BCUT2D eigenvalue weighted by Gasteiger charge is 2.19. The molecular formula is C53H92O6. The van der Waals surface area contributed by atoms with Crippen molar-refractivity contribution in [3.63, 3.8) is 0 Å². The molecule has 0 aliphatic carbocycles. The number of esters is 3. The summed E-state index contributed by atoms with van der Waals surface area (Å²) in [5, 5.41) is 0. The van der Waals surface area contributed by atoms with Gasteiger partial charge in [-0.3, -0.25) is 14.4 Å². The fraction of sp³-hybridized carbons (Fsp3) is 0.755. The van der Waals surface area contributed by atoms with E-state index in [-0.39, 0.29) is 31.6 Å². The summed E-state index contributed by atoms with van der Waals surface area (Å²) >= 11 is 0. The van der Waals surface area contributed by atoms with Gasteiger partial charge in [-0.2, -0.15) is 0 Å². The van der Waals surface area contributed by atoms with Crippen molar-refractivity contribution in [1.82, 2.24) is 0 Å². The van der Waals surface area contributed by atoms with Gasteiger partial charge < -0.3 is 14.2 Å².